The SMILES string of the molecule is CC(C)COC(=O)CCC(CCC=O)N1Cc2c(csc2CO)C1=O. The predicted octanol–water partition coefficient (Wildman–Crippen LogP) is 2.52. The van der Waals surface area contributed by atoms with E-state index < -0.39 is 0 Å². The van der Waals surface area contributed by atoms with Crippen molar-refractivity contribution in [1.29, 1.82) is 0 Å². The largest absolute Gasteiger partial charge is 0.465 e. The van der Waals surface area contributed by atoms with E-state index >= 15 is 0 Å². The number of thiophene rings is 1. The van der Waals surface area contributed by atoms with Gasteiger partial charge in [-0.05, 0) is 18.8 Å². The average molecular weight is 367 g/mol. The molecule has 1 unspecified atom stereocenters. The second kappa shape index (κ2) is 9.10. The third-order valence-corrected chi connectivity index (χ3v) is 5.28. The molecule has 138 valence electrons. The van der Waals surface area contributed by atoms with Crippen LogP contribution in [0.25, 0.3) is 0 Å². The van der Waals surface area contributed by atoms with Crippen LogP contribution in [0.1, 0.15) is 60.3 Å². The zero-order valence-electron chi connectivity index (χ0n) is 14.7. The summed E-state index contributed by atoms with van der Waals surface area (Å²) in [6.07, 6.45) is 2.39. The fraction of sp³-hybridized carbons (Fsp3) is 0.611. The maximum absolute atomic E-state index is 12.6. The Morgan fingerprint density at radius 2 is 2.20 bits per heavy atom. The van der Waals surface area contributed by atoms with Crippen molar-refractivity contribution in [1.82, 2.24) is 4.90 Å². The number of aliphatic hydroxyl groups excluding tert-OH is 1. The van der Waals surface area contributed by atoms with E-state index in [9.17, 15) is 19.5 Å². The molecule has 1 aliphatic heterocycles. The normalized spacial score (nSPS) is 14.7. The molecule has 25 heavy (non-hydrogen) atoms. The van der Waals surface area contributed by atoms with Gasteiger partial charge in [0.25, 0.3) is 5.91 Å². The third-order valence-electron chi connectivity index (χ3n) is 4.26. The molecular formula is C18H25NO5S. The van der Waals surface area contributed by atoms with Crippen molar-refractivity contribution < 1.29 is 24.2 Å². The smallest absolute Gasteiger partial charge is 0.305 e. The fourth-order valence-corrected chi connectivity index (χ4v) is 3.83. The molecule has 2 heterocycles. The highest BCUT2D eigenvalue weighted by Crippen LogP contribution is 2.34. The van der Waals surface area contributed by atoms with Gasteiger partial charge in [0.15, 0.2) is 0 Å². The minimum absolute atomic E-state index is 0.0817. The van der Waals surface area contributed by atoms with E-state index in [0.29, 0.717) is 38.0 Å². The number of fused-ring (bicyclic) bond motifs is 1. The molecule has 0 bridgehead atoms. The monoisotopic (exact) mass is 367 g/mol. The molecule has 0 spiro atoms. The molecule has 1 aromatic heterocycles. The Morgan fingerprint density at radius 3 is 2.84 bits per heavy atom. The number of carbonyl (C=O) groups is 3. The highest BCUT2D eigenvalue weighted by atomic mass is 32.1. The number of aldehydes is 1. The average Bonchev–Trinajstić information content (AvgIpc) is 3.13. The van der Waals surface area contributed by atoms with E-state index in [1.54, 1.807) is 10.3 Å². The van der Waals surface area contributed by atoms with Gasteiger partial charge >= 0.3 is 5.97 Å². The van der Waals surface area contributed by atoms with Crippen molar-refractivity contribution in [2.24, 2.45) is 5.92 Å². The van der Waals surface area contributed by atoms with Crippen LogP contribution in [0.2, 0.25) is 0 Å². The molecule has 1 N–H and O–H groups in total. The van der Waals surface area contributed by atoms with Gasteiger partial charge in [-0.25, -0.2) is 0 Å². The quantitative estimate of drug-likeness (QED) is 0.507. The minimum Gasteiger partial charge on any atom is -0.465 e. The van der Waals surface area contributed by atoms with Gasteiger partial charge in [0, 0.05) is 41.2 Å². The zero-order chi connectivity index (χ0) is 18.4. The lowest BCUT2D eigenvalue weighted by atomic mass is 10.0. The van der Waals surface area contributed by atoms with Gasteiger partial charge in [-0.2, -0.15) is 0 Å². The first-order valence-electron chi connectivity index (χ1n) is 8.58. The van der Waals surface area contributed by atoms with Gasteiger partial charge in [-0.3, -0.25) is 9.59 Å². The summed E-state index contributed by atoms with van der Waals surface area (Å²) in [5, 5.41) is 11.2. The molecule has 0 saturated heterocycles. The van der Waals surface area contributed by atoms with E-state index in [0.717, 1.165) is 16.7 Å². The maximum atomic E-state index is 12.6. The van der Waals surface area contributed by atoms with Crippen LogP contribution in [-0.4, -0.2) is 40.8 Å². The molecule has 1 aliphatic rings. The standard InChI is InChI=1S/C18H25NO5S/c1-12(2)10-24-17(22)6-5-13(4-3-7-20)19-8-14-15(18(19)23)11-25-16(14)9-21/h7,11-13,21H,3-6,8-10H2,1-2H3. The molecule has 1 atom stereocenters. The Labute approximate surface area is 151 Å². The maximum Gasteiger partial charge on any atom is 0.305 e. The summed E-state index contributed by atoms with van der Waals surface area (Å²) < 4.78 is 5.19. The molecule has 7 heteroatoms. The Bertz CT molecular complexity index is 625. The van der Waals surface area contributed by atoms with Crippen molar-refractivity contribution in [3.05, 3.63) is 21.4 Å². The number of amides is 1. The molecule has 0 aromatic carbocycles. The lowest BCUT2D eigenvalue weighted by molar-refractivity contribution is -0.145. The summed E-state index contributed by atoms with van der Waals surface area (Å²) in [5.41, 5.74) is 1.50. The number of hydrogen-bond donors (Lipinski definition) is 1. The number of nitrogens with zero attached hydrogens (tertiary/aromatic N) is 1. The first-order valence-corrected chi connectivity index (χ1v) is 9.46. The third kappa shape index (κ3) is 4.89. The Kier molecular flexibility index (Phi) is 7.13. The Morgan fingerprint density at radius 1 is 1.44 bits per heavy atom. The summed E-state index contributed by atoms with van der Waals surface area (Å²) in [5.74, 6) is -0.0818. The molecule has 1 aromatic rings. The van der Waals surface area contributed by atoms with E-state index in [4.69, 9.17) is 4.74 Å². The van der Waals surface area contributed by atoms with E-state index in [-0.39, 0.29) is 36.9 Å². The zero-order valence-corrected chi connectivity index (χ0v) is 15.5. The molecule has 2 rings (SSSR count). The summed E-state index contributed by atoms with van der Waals surface area (Å²) in [6.45, 7) is 4.68. The Hall–Kier alpha value is -1.73. The van der Waals surface area contributed by atoms with Gasteiger partial charge in [-0.15, -0.1) is 11.3 Å². The summed E-state index contributed by atoms with van der Waals surface area (Å²) >= 11 is 1.39. The number of ether oxygens (including phenoxy) is 1. The minimum atomic E-state index is -0.276. The van der Waals surface area contributed by atoms with Crippen LogP contribution in [0.15, 0.2) is 5.38 Å². The van der Waals surface area contributed by atoms with Gasteiger partial charge in [-0.1, -0.05) is 13.8 Å². The second-order valence-corrected chi connectivity index (χ2v) is 7.62. The lowest BCUT2D eigenvalue weighted by Crippen LogP contribution is -2.36. The van der Waals surface area contributed by atoms with Crippen LogP contribution in [0.5, 0.6) is 0 Å². The highest BCUT2D eigenvalue weighted by molar-refractivity contribution is 7.10. The highest BCUT2D eigenvalue weighted by Gasteiger charge is 2.35. The van der Waals surface area contributed by atoms with Crippen molar-refractivity contribution in [2.75, 3.05) is 6.61 Å². The van der Waals surface area contributed by atoms with Gasteiger partial charge in [0.2, 0.25) is 0 Å². The first-order chi connectivity index (χ1) is 12.0. The lowest BCUT2D eigenvalue weighted by Gasteiger charge is -2.27. The van der Waals surface area contributed by atoms with E-state index in [1.807, 2.05) is 13.8 Å². The molecule has 0 aliphatic carbocycles. The van der Waals surface area contributed by atoms with Crippen molar-refractivity contribution >= 4 is 29.5 Å². The van der Waals surface area contributed by atoms with Gasteiger partial charge in [0.05, 0.1) is 18.8 Å². The molecule has 1 amide bonds. The summed E-state index contributed by atoms with van der Waals surface area (Å²) in [7, 11) is 0. The number of esters is 1. The van der Waals surface area contributed by atoms with Crippen LogP contribution in [0, 0.1) is 5.92 Å². The van der Waals surface area contributed by atoms with Crippen LogP contribution in [0.3, 0.4) is 0 Å². The van der Waals surface area contributed by atoms with Crippen molar-refractivity contribution in [3.63, 3.8) is 0 Å². The molecule has 6 nitrogen and oxygen atoms in total. The topological polar surface area (TPSA) is 83.9 Å². The number of aliphatic hydroxyl groups is 1. The van der Waals surface area contributed by atoms with E-state index in [1.165, 1.54) is 11.3 Å². The molecule has 0 saturated carbocycles. The second-order valence-electron chi connectivity index (χ2n) is 6.66. The van der Waals surface area contributed by atoms with Gasteiger partial charge < -0.3 is 19.5 Å². The first kappa shape index (κ1) is 19.6. The Balaban J connectivity index is 2.00. The van der Waals surface area contributed by atoms with Crippen LogP contribution >= 0.6 is 11.3 Å². The van der Waals surface area contributed by atoms with Crippen molar-refractivity contribution in [3.8, 4) is 0 Å². The summed E-state index contributed by atoms with van der Waals surface area (Å²) in [4.78, 5) is 37.8. The fourth-order valence-electron chi connectivity index (χ4n) is 2.93. The van der Waals surface area contributed by atoms with Gasteiger partial charge in [0.1, 0.15) is 6.29 Å². The predicted molar refractivity (Wildman–Crippen MR) is 94.2 cm³/mol. The number of rotatable bonds is 10. The molecule has 0 radical (unpaired) electrons. The van der Waals surface area contributed by atoms with Crippen LogP contribution in [0.4, 0.5) is 0 Å². The van der Waals surface area contributed by atoms with E-state index in [2.05, 4.69) is 0 Å². The molecule has 0 fully saturated rings. The number of carbonyl (C=O) groups excluding carboxylic acids is 3. The number of hydrogen-bond acceptors (Lipinski definition) is 6. The van der Waals surface area contributed by atoms with Crippen LogP contribution in [-0.2, 0) is 27.5 Å². The summed E-state index contributed by atoms with van der Waals surface area (Å²) in [6, 6.07) is -0.187. The molecular weight excluding hydrogens is 342 g/mol. The van der Waals surface area contributed by atoms with Crippen molar-refractivity contribution in [2.45, 2.75) is 58.7 Å². The van der Waals surface area contributed by atoms with Crippen LogP contribution < -0.4 is 0 Å².